The summed E-state index contributed by atoms with van der Waals surface area (Å²) in [4.78, 5) is 12.2. The van der Waals surface area contributed by atoms with Gasteiger partial charge in [0.15, 0.2) is 0 Å². The van der Waals surface area contributed by atoms with Crippen molar-refractivity contribution in [2.45, 2.75) is 5.92 Å². The molecule has 118 valence electrons. The number of halogens is 1. The fourth-order valence-electron chi connectivity index (χ4n) is 3.22. The molecular weight excluding hydrogens is 368 g/mol. The predicted octanol–water partition coefficient (Wildman–Crippen LogP) is 4.92. The van der Waals surface area contributed by atoms with Crippen LogP contribution in [0.4, 0.5) is 0 Å². The quantitative estimate of drug-likeness (QED) is 0.370. The number of phenolic OH excluding ortho intramolecular Hbond substituents is 1. The number of hydrogen-bond donors (Lipinski definition) is 1. The van der Waals surface area contributed by atoms with E-state index >= 15 is 0 Å². The maximum Gasteiger partial charge on any atom is 0.339 e. The van der Waals surface area contributed by atoms with Gasteiger partial charge in [0.1, 0.15) is 11.5 Å². The minimum absolute atomic E-state index is 0.0965. The van der Waals surface area contributed by atoms with Gasteiger partial charge >= 0.3 is 5.97 Å². The van der Waals surface area contributed by atoms with Gasteiger partial charge in [0.2, 0.25) is 0 Å². The number of ether oxygens (including phenoxy) is 1. The average Bonchev–Trinajstić information content (AvgIpc) is 2.58. The first kappa shape index (κ1) is 15.0. The lowest BCUT2D eigenvalue weighted by Crippen LogP contribution is -2.24. The molecule has 4 heteroatoms. The van der Waals surface area contributed by atoms with Crippen molar-refractivity contribution in [3.63, 3.8) is 0 Å². The van der Waals surface area contributed by atoms with Crippen molar-refractivity contribution in [1.29, 1.82) is 0 Å². The van der Waals surface area contributed by atoms with Gasteiger partial charge in [0.25, 0.3) is 0 Å². The van der Waals surface area contributed by atoms with Crippen LogP contribution in [0.5, 0.6) is 11.5 Å². The van der Waals surface area contributed by atoms with Crippen LogP contribution in [0.15, 0.2) is 71.2 Å². The first-order chi connectivity index (χ1) is 11.6. The smallest absolute Gasteiger partial charge is 0.339 e. The Morgan fingerprint density at radius 2 is 1.71 bits per heavy atom. The molecule has 3 nitrogen and oxygen atoms in total. The molecule has 1 atom stereocenters. The maximum atomic E-state index is 12.2. The maximum absolute atomic E-state index is 12.2. The van der Waals surface area contributed by atoms with Gasteiger partial charge in [0.05, 0.1) is 0 Å². The molecule has 1 N–H and O–H groups in total. The van der Waals surface area contributed by atoms with Crippen molar-refractivity contribution in [1.82, 2.24) is 0 Å². The summed E-state index contributed by atoms with van der Waals surface area (Å²) in [6, 6.07) is 16.8. The molecule has 3 aromatic carbocycles. The predicted molar refractivity (Wildman–Crippen MR) is 96.4 cm³/mol. The van der Waals surface area contributed by atoms with Crippen molar-refractivity contribution in [3.8, 4) is 11.5 Å². The van der Waals surface area contributed by atoms with Gasteiger partial charge in [0, 0.05) is 33.0 Å². The fourth-order valence-corrected chi connectivity index (χ4v) is 3.48. The van der Waals surface area contributed by atoms with Crippen LogP contribution >= 0.6 is 15.9 Å². The molecule has 3 aromatic rings. The van der Waals surface area contributed by atoms with Gasteiger partial charge in [-0.2, -0.15) is 0 Å². The van der Waals surface area contributed by atoms with Gasteiger partial charge < -0.3 is 9.84 Å². The zero-order valence-corrected chi connectivity index (χ0v) is 14.2. The molecule has 1 aliphatic heterocycles. The molecule has 24 heavy (non-hydrogen) atoms. The van der Waals surface area contributed by atoms with Crippen LogP contribution in [-0.4, -0.2) is 11.1 Å². The first-order valence-corrected chi connectivity index (χ1v) is 8.26. The Balaban J connectivity index is 2.05. The number of carbonyl (C=O) groups is 1. The van der Waals surface area contributed by atoms with Crippen LogP contribution < -0.4 is 4.74 Å². The fraction of sp³-hybridized carbons (Fsp3) is 0.0500. The minimum atomic E-state index is -0.468. The highest BCUT2D eigenvalue weighted by Crippen LogP contribution is 2.47. The molecule has 0 radical (unpaired) electrons. The number of carbonyl (C=O) groups excluding carboxylic acids is 1. The lowest BCUT2D eigenvalue weighted by Gasteiger charge is -2.28. The zero-order chi connectivity index (χ0) is 16.8. The van der Waals surface area contributed by atoms with Crippen LogP contribution in [0.2, 0.25) is 0 Å². The highest BCUT2D eigenvalue weighted by atomic mass is 79.9. The average molecular weight is 381 g/mol. The van der Waals surface area contributed by atoms with E-state index in [2.05, 4.69) is 22.5 Å². The normalized spacial score (nSPS) is 16.8. The second-order valence-corrected chi connectivity index (χ2v) is 6.67. The van der Waals surface area contributed by atoms with Gasteiger partial charge in [-0.05, 0) is 23.1 Å². The van der Waals surface area contributed by atoms with E-state index in [1.54, 1.807) is 0 Å². The molecule has 1 aliphatic rings. The molecule has 1 unspecified atom stereocenters. The Morgan fingerprint density at radius 3 is 2.42 bits per heavy atom. The Kier molecular flexibility index (Phi) is 3.43. The van der Waals surface area contributed by atoms with Gasteiger partial charge in [-0.15, -0.1) is 0 Å². The third kappa shape index (κ3) is 2.22. The molecule has 0 amide bonds. The van der Waals surface area contributed by atoms with Crippen LogP contribution in [-0.2, 0) is 4.79 Å². The summed E-state index contributed by atoms with van der Waals surface area (Å²) in [5, 5.41) is 11.8. The van der Waals surface area contributed by atoms with Crippen molar-refractivity contribution >= 4 is 32.7 Å². The minimum Gasteiger partial charge on any atom is -0.507 e. The van der Waals surface area contributed by atoms with E-state index in [4.69, 9.17) is 4.74 Å². The number of phenols is 1. The molecule has 0 spiro atoms. The second-order valence-electron chi connectivity index (χ2n) is 5.75. The summed E-state index contributed by atoms with van der Waals surface area (Å²) in [6.45, 7) is 3.95. The Hall–Kier alpha value is -2.59. The molecule has 0 aromatic heterocycles. The van der Waals surface area contributed by atoms with Crippen molar-refractivity contribution in [3.05, 3.63) is 82.3 Å². The Labute approximate surface area is 147 Å². The molecule has 0 fully saturated rings. The molecular formula is C20H13BrO3. The number of benzene rings is 3. The Bertz CT molecular complexity index is 990. The third-order valence-corrected chi connectivity index (χ3v) is 4.86. The Morgan fingerprint density at radius 1 is 1.04 bits per heavy atom. The summed E-state index contributed by atoms with van der Waals surface area (Å²) in [5.74, 6) is -0.291. The molecule has 0 saturated carbocycles. The van der Waals surface area contributed by atoms with E-state index in [0.717, 1.165) is 26.4 Å². The van der Waals surface area contributed by atoms with E-state index < -0.39 is 5.97 Å². The van der Waals surface area contributed by atoms with Gasteiger partial charge in [-0.1, -0.05) is 58.9 Å². The molecule has 0 aliphatic carbocycles. The summed E-state index contributed by atoms with van der Waals surface area (Å²) in [6.07, 6.45) is 0. The van der Waals surface area contributed by atoms with E-state index in [9.17, 15) is 9.90 Å². The zero-order valence-electron chi connectivity index (χ0n) is 12.6. The first-order valence-electron chi connectivity index (χ1n) is 7.47. The summed E-state index contributed by atoms with van der Waals surface area (Å²) in [5.41, 5.74) is 2.20. The number of fused-ring (bicyclic) bond motifs is 3. The number of esters is 1. The standard InChI is InChI=1S/C20H13BrO3/c1-11-18(12-6-8-13(21)9-7-12)19-15-5-3-2-4-14(15)16(22)10-17(19)24-20(11)23/h2-10,18,22H,1H2. The van der Waals surface area contributed by atoms with Gasteiger partial charge in [-0.3, -0.25) is 0 Å². The summed E-state index contributed by atoms with van der Waals surface area (Å²) >= 11 is 3.43. The van der Waals surface area contributed by atoms with Crippen LogP contribution in [0.25, 0.3) is 10.8 Å². The topological polar surface area (TPSA) is 46.5 Å². The van der Waals surface area contributed by atoms with Crippen LogP contribution in [0.3, 0.4) is 0 Å². The summed E-state index contributed by atoms with van der Waals surface area (Å²) in [7, 11) is 0. The van der Waals surface area contributed by atoms with Crippen molar-refractivity contribution in [2.75, 3.05) is 0 Å². The van der Waals surface area contributed by atoms with Crippen LogP contribution in [0, 0.1) is 0 Å². The monoisotopic (exact) mass is 380 g/mol. The van der Waals surface area contributed by atoms with E-state index in [1.165, 1.54) is 6.07 Å². The van der Waals surface area contributed by atoms with E-state index in [0.29, 0.717) is 11.3 Å². The van der Waals surface area contributed by atoms with Crippen molar-refractivity contribution in [2.24, 2.45) is 0 Å². The summed E-state index contributed by atoms with van der Waals surface area (Å²) < 4.78 is 6.36. The number of hydrogen-bond acceptors (Lipinski definition) is 3. The van der Waals surface area contributed by atoms with Crippen LogP contribution in [0.1, 0.15) is 17.0 Å². The van der Waals surface area contributed by atoms with Gasteiger partial charge in [-0.25, -0.2) is 4.79 Å². The highest BCUT2D eigenvalue weighted by molar-refractivity contribution is 9.10. The molecule has 4 rings (SSSR count). The van der Waals surface area contributed by atoms with Crippen molar-refractivity contribution < 1.29 is 14.6 Å². The van der Waals surface area contributed by atoms with E-state index in [-0.39, 0.29) is 11.7 Å². The molecule has 1 heterocycles. The number of aromatic hydroxyl groups is 1. The number of rotatable bonds is 1. The third-order valence-electron chi connectivity index (χ3n) is 4.33. The lowest BCUT2D eigenvalue weighted by molar-refractivity contribution is -0.131. The molecule has 0 saturated heterocycles. The largest absolute Gasteiger partial charge is 0.507 e. The lowest BCUT2D eigenvalue weighted by atomic mass is 9.81. The molecule has 0 bridgehead atoms. The highest BCUT2D eigenvalue weighted by Gasteiger charge is 2.34. The second kappa shape index (κ2) is 5.49. The van der Waals surface area contributed by atoms with E-state index in [1.807, 2.05) is 48.5 Å². The SMILES string of the molecule is C=C1C(=O)Oc2cc(O)c3ccccc3c2C1c1ccc(Br)cc1.